The molecule has 1 aliphatic rings. The molecule has 1 atom stereocenters. The molecular formula is C17H21BrN2O2. The molecule has 3 rings (SSSR count). The van der Waals surface area contributed by atoms with Crippen molar-refractivity contribution in [3.05, 3.63) is 34.4 Å². The lowest BCUT2D eigenvalue weighted by atomic mass is 9.78. The number of halogens is 1. The molecule has 0 aliphatic carbocycles. The molecule has 2 heterocycles. The fourth-order valence-electron chi connectivity index (χ4n) is 3.32. The monoisotopic (exact) mass is 364 g/mol. The van der Waals surface area contributed by atoms with Crippen molar-refractivity contribution in [2.24, 2.45) is 5.41 Å². The maximum Gasteiger partial charge on any atom is 0.407 e. The third-order valence-electron chi connectivity index (χ3n) is 4.56. The third-order valence-corrected chi connectivity index (χ3v) is 5.06. The van der Waals surface area contributed by atoms with E-state index in [9.17, 15) is 9.90 Å². The zero-order valence-electron chi connectivity index (χ0n) is 13.1. The van der Waals surface area contributed by atoms with Crippen LogP contribution in [0, 0.1) is 5.41 Å². The van der Waals surface area contributed by atoms with Crippen molar-refractivity contribution in [2.45, 2.75) is 33.2 Å². The van der Waals surface area contributed by atoms with Crippen LogP contribution in [0.2, 0.25) is 0 Å². The maximum absolute atomic E-state index is 11.5. The van der Waals surface area contributed by atoms with Crippen LogP contribution in [-0.4, -0.2) is 33.8 Å². The highest BCUT2D eigenvalue weighted by Crippen LogP contribution is 2.40. The van der Waals surface area contributed by atoms with Crippen LogP contribution in [0.3, 0.4) is 0 Å². The van der Waals surface area contributed by atoms with Gasteiger partial charge in [0.15, 0.2) is 0 Å². The molecule has 0 radical (unpaired) electrons. The van der Waals surface area contributed by atoms with Gasteiger partial charge in [0, 0.05) is 46.6 Å². The summed E-state index contributed by atoms with van der Waals surface area (Å²) in [6.07, 6.45) is -0.827. The SMILES string of the molecule is CC(C)(C)C1CN(C(=O)O)CCn2c1cc1cc(Br)ccc12. The van der Waals surface area contributed by atoms with Gasteiger partial charge in [-0.3, -0.25) is 0 Å². The lowest BCUT2D eigenvalue weighted by Crippen LogP contribution is -2.36. The van der Waals surface area contributed by atoms with E-state index < -0.39 is 6.09 Å². The van der Waals surface area contributed by atoms with Crippen LogP contribution < -0.4 is 0 Å². The highest BCUT2D eigenvalue weighted by molar-refractivity contribution is 9.10. The van der Waals surface area contributed by atoms with Crippen molar-refractivity contribution < 1.29 is 9.90 Å². The predicted octanol–water partition coefficient (Wildman–Crippen LogP) is 4.53. The van der Waals surface area contributed by atoms with E-state index in [1.165, 1.54) is 16.6 Å². The van der Waals surface area contributed by atoms with Crippen LogP contribution in [0.25, 0.3) is 10.9 Å². The first-order chi connectivity index (χ1) is 10.3. The van der Waals surface area contributed by atoms with Gasteiger partial charge in [-0.1, -0.05) is 36.7 Å². The number of amides is 1. The van der Waals surface area contributed by atoms with E-state index in [0.29, 0.717) is 19.6 Å². The topological polar surface area (TPSA) is 45.5 Å². The number of aromatic nitrogens is 1. The number of carbonyl (C=O) groups is 1. The molecule has 118 valence electrons. The second kappa shape index (κ2) is 5.30. The Kier molecular flexibility index (Phi) is 3.71. The van der Waals surface area contributed by atoms with Gasteiger partial charge in [-0.2, -0.15) is 0 Å². The van der Waals surface area contributed by atoms with Crippen molar-refractivity contribution in [3.8, 4) is 0 Å². The van der Waals surface area contributed by atoms with Crippen molar-refractivity contribution in [3.63, 3.8) is 0 Å². The molecule has 5 heteroatoms. The molecule has 0 saturated carbocycles. The molecule has 1 N–H and O–H groups in total. The van der Waals surface area contributed by atoms with Gasteiger partial charge in [-0.05, 0) is 29.7 Å². The Morgan fingerprint density at radius 3 is 2.64 bits per heavy atom. The number of hydrogen-bond donors (Lipinski definition) is 1. The van der Waals surface area contributed by atoms with Crippen LogP contribution in [0.1, 0.15) is 32.4 Å². The fourth-order valence-corrected chi connectivity index (χ4v) is 3.70. The van der Waals surface area contributed by atoms with E-state index in [2.05, 4.69) is 59.5 Å². The minimum atomic E-state index is -0.827. The smallest absolute Gasteiger partial charge is 0.407 e. The molecule has 0 bridgehead atoms. The van der Waals surface area contributed by atoms with Crippen LogP contribution in [0.5, 0.6) is 0 Å². The molecule has 1 amide bonds. The summed E-state index contributed by atoms with van der Waals surface area (Å²) in [5, 5.41) is 10.6. The number of fused-ring (bicyclic) bond motifs is 3. The maximum atomic E-state index is 11.5. The summed E-state index contributed by atoms with van der Waals surface area (Å²) in [7, 11) is 0. The second-order valence-electron chi connectivity index (χ2n) is 7.07. The Hall–Kier alpha value is -1.49. The molecule has 1 aromatic carbocycles. The Labute approximate surface area is 138 Å². The van der Waals surface area contributed by atoms with E-state index in [1.54, 1.807) is 4.90 Å². The van der Waals surface area contributed by atoms with Crippen LogP contribution in [0.4, 0.5) is 4.79 Å². The zero-order chi connectivity index (χ0) is 16.1. The van der Waals surface area contributed by atoms with Gasteiger partial charge >= 0.3 is 6.09 Å². The molecule has 0 saturated heterocycles. The average Bonchev–Trinajstić information content (AvgIpc) is 2.62. The molecule has 0 spiro atoms. The zero-order valence-corrected chi connectivity index (χ0v) is 14.7. The number of benzene rings is 1. The van der Waals surface area contributed by atoms with Crippen molar-refractivity contribution in [2.75, 3.05) is 13.1 Å². The lowest BCUT2D eigenvalue weighted by molar-refractivity contribution is 0.134. The Bertz CT molecular complexity index is 730. The van der Waals surface area contributed by atoms with Gasteiger partial charge < -0.3 is 14.6 Å². The van der Waals surface area contributed by atoms with E-state index in [-0.39, 0.29) is 11.3 Å². The van der Waals surface area contributed by atoms with Gasteiger partial charge in [0.2, 0.25) is 0 Å². The molecule has 1 unspecified atom stereocenters. The summed E-state index contributed by atoms with van der Waals surface area (Å²) in [6.45, 7) is 8.34. The standard InChI is InChI=1S/C17H21BrN2O2/c1-17(2,3)13-10-19(16(21)22)6-7-20-14-5-4-12(18)8-11(14)9-15(13)20/h4-5,8-9,13H,6-7,10H2,1-3H3,(H,21,22). The molecular weight excluding hydrogens is 344 g/mol. The highest BCUT2D eigenvalue weighted by atomic mass is 79.9. The first kappa shape index (κ1) is 15.4. The van der Waals surface area contributed by atoms with E-state index >= 15 is 0 Å². The minimum absolute atomic E-state index is 0.00139. The molecule has 4 nitrogen and oxygen atoms in total. The van der Waals surface area contributed by atoms with Gasteiger partial charge in [-0.15, -0.1) is 0 Å². The largest absolute Gasteiger partial charge is 0.465 e. The number of hydrogen-bond acceptors (Lipinski definition) is 1. The van der Waals surface area contributed by atoms with Crippen molar-refractivity contribution >= 4 is 32.9 Å². The Morgan fingerprint density at radius 1 is 1.27 bits per heavy atom. The number of nitrogens with zero attached hydrogens (tertiary/aromatic N) is 2. The Morgan fingerprint density at radius 2 is 2.00 bits per heavy atom. The number of rotatable bonds is 0. The summed E-state index contributed by atoms with van der Waals surface area (Å²) >= 11 is 3.53. The number of carboxylic acid groups (broad SMARTS) is 1. The summed E-state index contributed by atoms with van der Waals surface area (Å²) in [6, 6.07) is 8.51. The summed E-state index contributed by atoms with van der Waals surface area (Å²) in [5.74, 6) is 0.178. The van der Waals surface area contributed by atoms with E-state index in [4.69, 9.17) is 0 Å². The molecule has 1 aromatic heterocycles. The first-order valence-electron chi connectivity index (χ1n) is 7.54. The van der Waals surface area contributed by atoms with Gasteiger partial charge in [0.25, 0.3) is 0 Å². The van der Waals surface area contributed by atoms with Crippen LogP contribution in [-0.2, 0) is 6.54 Å². The normalized spacial score (nSPS) is 19.1. The molecule has 22 heavy (non-hydrogen) atoms. The summed E-state index contributed by atoms with van der Waals surface area (Å²) in [4.78, 5) is 13.0. The van der Waals surface area contributed by atoms with Gasteiger partial charge in [-0.25, -0.2) is 4.79 Å². The van der Waals surface area contributed by atoms with E-state index in [0.717, 1.165) is 4.47 Å². The molecule has 2 aromatic rings. The first-order valence-corrected chi connectivity index (χ1v) is 8.33. The quantitative estimate of drug-likeness (QED) is 0.746. The highest BCUT2D eigenvalue weighted by Gasteiger charge is 2.34. The van der Waals surface area contributed by atoms with Crippen molar-refractivity contribution in [1.82, 2.24) is 9.47 Å². The van der Waals surface area contributed by atoms with Crippen LogP contribution in [0.15, 0.2) is 28.7 Å². The third kappa shape index (κ3) is 2.62. The fraction of sp³-hybridized carbons (Fsp3) is 0.471. The average molecular weight is 365 g/mol. The molecule has 1 aliphatic heterocycles. The molecule has 0 fully saturated rings. The summed E-state index contributed by atoms with van der Waals surface area (Å²) < 4.78 is 3.36. The van der Waals surface area contributed by atoms with Crippen LogP contribution >= 0.6 is 15.9 Å². The second-order valence-corrected chi connectivity index (χ2v) is 7.99. The van der Waals surface area contributed by atoms with Gasteiger partial charge in [0.1, 0.15) is 0 Å². The predicted molar refractivity (Wildman–Crippen MR) is 91.4 cm³/mol. The van der Waals surface area contributed by atoms with Crippen molar-refractivity contribution in [1.29, 1.82) is 0 Å². The van der Waals surface area contributed by atoms with E-state index in [1.807, 2.05) is 6.07 Å². The Balaban J connectivity index is 2.16. The summed E-state index contributed by atoms with van der Waals surface area (Å²) in [5.41, 5.74) is 2.42. The van der Waals surface area contributed by atoms with Gasteiger partial charge in [0.05, 0.1) is 0 Å². The minimum Gasteiger partial charge on any atom is -0.465 e. The lowest BCUT2D eigenvalue weighted by Gasteiger charge is -2.32.